The SMILES string of the molecule is COc1ccc(C2=NN(C)C(c3ccccc3)C2O)cc1. The lowest BCUT2D eigenvalue weighted by atomic mass is 9.96. The molecule has 0 saturated carbocycles. The third kappa shape index (κ3) is 2.50. The minimum atomic E-state index is -0.647. The average molecular weight is 282 g/mol. The number of rotatable bonds is 3. The van der Waals surface area contributed by atoms with Crippen LogP contribution in [0, 0.1) is 0 Å². The predicted molar refractivity (Wildman–Crippen MR) is 82.5 cm³/mol. The number of benzene rings is 2. The van der Waals surface area contributed by atoms with Crippen LogP contribution in [0.5, 0.6) is 5.75 Å². The Morgan fingerprint density at radius 1 is 1.05 bits per heavy atom. The van der Waals surface area contributed by atoms with Gasteiger partial charge >= 0.3 is 0 Å². The number of nitrogens with zero attached hydrogens (tertiary/aromatic N) is 2. The molecule has 0 aliphatic carbocycles. The lowest BCUT2D eigenvalue weighted by molar-refractivity contribution is 0.139. The maximum absolute atomic E-state index is 10.6. The minimum absolute atomic E-state index is 0.150. The van der Waals surface area contributed by atoms with Crippen LogP contribution < -0.4 is 4.74 Å². The molecule has 0 spiro atoms. The fourth-order valence-corrected chi connectivity index (χ4v) is 2.68. The van der Waals surface area contributed by atoms with Gasteiger partial charge in [-0.1, -0.05) is 30.3 Å². The van der Waals surface area contributed by atoms with Crippen LogP contribution >= 0.6 is 0 Å². The first-order valence-corrected chi connectivity index (χ1v) is 6.89. The van der Waals surface area contributed by atoms with E-state index in [2.05, 4.69) is 5.10 Å². The predicted octanol–water partition coefficient (Wildman–Crippen LogP) is 2.45. The van der Waals surface area contributed by atoms with E-state index in [1.54, 1.807) is 7.11 Å². The summed E-state index contributed by atoms with van der Waals surface area (Å²) in [7, 11) is 3.52. The number of hydrogen-bond donors (Lipinski definition) is 1. The number of ether oxygens (including phenoxy) is 1. The van der Waals surface area contributed by atoms with Crippen LogP contribution in [0.1, 0.15) is 17.2 Å². The molecule has 2 atom stereocenters. The van der Waals surface area contributed by atoms with Gasteiger partial charge in [-0.2, -0.15) is 5.10 Å². The Balaban J connectivity index is 1.89. The first-order chi connectivity index (χ1) is 10.2. The zero-order valence-corrected chi connectivity index (χ0v) is 12.1. The average Bonchev–Trinajstić information content (AvgIpc) is 2.83. The summed E-state index contributed by atoms with van der Waals surface area (Å²) in [5.41, 5.74) is 2.65. The van der Waals surface area contributed by atoms with Crippen molar-refractivity contribution in [2.75, 3.05) is 14.2 Å². The van der Waals surface area contributed by atoms with Gasteiger partial charge in [-0.15, -0.1) is 0 Å². The van der Waals surface area contributed by atoms with Gasteiger partial charge in [-0.05, 0) is 29.8 Å². The molecule has 2 unspecified atom stereocenters. The molecule has 4 nitrogen and oxygen atoms in total. The van der Waals surface area contributed by atoms with Crippen LogP contribution in [0.15, 0.2) is 59.7 Å². The van der Waals surface area contributed by atoms with E-state index in [4.69, 9.17) is 4.74 Å². The molecule has 108 valence electrons. The number of hydrogen-bond acceptors (Lipinski definition) is 4. The quantitative estimate of drug-likeness (QED) is 0.940. The molecule has 3 rings (SSSR count). The largest absolute Gasteiger partial charge is 0.497 e. The summed E-state index contributed by atoms with van der Waals surface area (Å²) in [4.78, 5) is 0. The van der Waals surface area contributed by atoms with Crippen molar-refractivity contribution in [3.05, 3.63) is 65.7 Å². The number of aliphatic hydroxyl groups excluding tert-OH is 1. The van der Waals surface area contributed by atoms with Crippen LogP contribution in [0.3, 0.4) is 0 Å². The summed E-state index contributed by atoms with van der Waals surface area (Å²) in [6.07, 6.45) is -0.647. The normalized spacial score (nSPS) is 21.3. The van der Waals surface area contributed by atoms with Crippen molar-refractivity contribution in [2.24, 2.45) is 5.10 Å². The molecular formula is C17H18N2O2. The van der Waals surface area contributed by atoms with Gasteiger partial charge in [-0.25, -0.2) is 0 Å². The van der Waals surface area contributed by atoms with Gasteiger partial charge in [0.15, 0.2) is 0 Å². The van der Waals surface area contributed by atoms with Crippen molar-refractivity contribution in [3.8, 4) is 5.75 Å². The highest BCUT2D eigenvalue weighted by Gasteiger charge is 2.35. The molecule has 2 aromatic rings. The van der Waals surface area contributed by atoms with Crippen LogP contribution in [0.25, 0.3) is 0 Å². The van der Waals surface area contributed by atoms with Gasteiger partial charge in [0.2, 0.25) is 0 Å². The molecular weight excluding hydrogens is 264 g/mol. The first kappa shape index (κ1) is 13.6. The van der Waals surface area contributed by atoms with E-state index in [1.807, 2.05) is 66.7 Å². The molecule has 1 N–H and O–H groups in total. The highest BCUT2D eigenvalue weighted by atomic mass is 16.5. The van der Waals surface area contributed by atoms with Crippen molar-refractivity contribution in [3.63, 3.8) is 0 Å². The molecule has 1 aliphatic rings. The number of likely N-dealkylation sites (N-methyl/N-ethyl adjacent to an activating group) is 1. The topological polar surface area (TPSA) is 45.1 Å². The summed E-state index contributed by atoms with van der Waals surface area (Å²) in [6, 6.07) is 17.4. The van der Waals surface area contributed by atoms with Crippen molar-refractivity contribution < 1.29 is 9.84 Å². The highest BCUT2D eigenvalue weighted by Crippen LogP contribution is 2.31. The summed E-state index contributed by atoms with van der Waals surface area (Å²) < 4.78 is 5.16. The standard InChI is InChI=1S/C17H18N2O2/c1-19-16(13-6-4-3-5-7-13)17(20)15(18-19)12-8-10-14(21-2)11-9-12/h3-11,16-17,20H,1-2H3. The number of hydrazone groups is 1. The molecule has 0 amide bonds. The third-order valence-corrected chi connectivity index (χ3v) is 3.77. The summed E-state index contributed by atoms with van der Waals surface area (Å²) >= 11 is 0. The maximum atomic E-state index is 10.6. The van der Waals surface area contributed by atoms with Crippen molar-refractivity contribution in [1.29, 1.82) is 0 Å². The Kier molecular flexibility index (Phi) is 3.62. The van der Waals surface area contributed by atoms with Gasteiger partial charge in [0, 0.05) is 12.6 Å². The van der Waals surface area contributed by atoms with E-state index in [9.17, 15) is 5.11 Å². The molecule has 0 radical (unpaired) electrons. The van der Waals surface area contributed by atoms with E-state index in [0.29, 0.717) is 5.71 Å². The molecule has 0 aromatic heterocycles. The highest BCUT2D eigenvalue weighted by molar-refractivity contribution is 6.05. The Bertz CT molecular complexity index is 638. The zero-order chi connectivity index (χ0) is 14.8. The summed E-state index contributed by atoms with van der Waals surface area (Å²) in [5, 5.41) is 17.0. The Labute approximate surface area is 124 Å². The Morgan fingerprint density at radius 3 is 2.33 bits per heavy atom. The van der Waals surface area contributed by atoms with E-state index in [0.717, 1.165) is 16.9 Å². The summed E-state index contributed by atoms with van der Waals surface area (Å²) in [6.45, 7) is 0. The van der Waals surface area contributed by atoms with Crippen LogP contribution in [0.4, 0.5) is 0 Å². The van der Waals surface area contributed by atoms with Crippen molar-refractivity contribution >= 4 is 5.71 Å². The fourth-order valence-electron chi connectivity index (χ4n) is 2.68. The lowest BCUT2D eigenvalue weighted by Gasteiger charge is -2.22. The Hall–Kier alpha value is -2.33. The van der Waals surface area contributed by atoms with Crippen LogP contribution in [0.2, 0.25) is 0 Å². The monoisotopic (exact) mass is 282 g/mol. The minimum Gasteiger partial charge on any atom is -0.497 e. The number of methoxy groups -OCH3 is 1. The zero-order valence-electron chi connectivity index (χ0n) is 12.1. The van der Waals surface area contributed by atoms with E-state index >= 15 is 0 Å². The summed E-state index contributed by atoms with van der Waals surface area (Å²) in [5.74, 6) is 0.791. The maximum Gasteiger partial charge on any atom is 0.124 e. The lowest BCUT2D eigenvalue weighted by Crippen LogP contribution is -2.28. The van der Waals surface area contributed by atoms with Crippen molar-refractivity contribution in [2.45, 2.75) is 12.1 Å². The van der Waals surface area contributed by atoms with E-state index in [1.165, 1.54) is 0 Å². The van der Waals surface area contributed by atoms with Crippen LogP contribution in [-0.4, -0.2) is 36.1 Å². The first-order valence-electron chi connectivity index (χ1n) is 6.89. The molecule has 1 heterocycles. The molecule has 21 heavy (non-hydrogen) atoms. The molecule has 0 saturated heterocycles. The van der Waals surface area contributed by atoms with Gasteiger partial charge in [0.1, 0.15) is 17.9 Å². The molecule has 4 heteroatoms. The Morgan fingerprint density at radius 2 is 1.71 bits per heavy atom. The second-order valence-corrected chi connectivity index (χ2v) is 5.09. The molecule has 0 bridgehead atoms. The second kappa shape index (κ2) is 5.58. The van der Waals surface area contributed by atoms with Crippen LogP contribution in [-0.2, 0) is 0 Å². The van der Waals surface area contributed by atoms with Gasteiger partial charge < -0.3 is 9.84 Å². The van der Waals surface area contributed by atoms with Gasteiger partial charge in [0.05, 0.1) is 12.8 Å². The third-order valence-electron chi connectivity index (χ3n) is 3.77. The number of aliphatic hydroxyl groups is 1. The molecule has 2 aromatic carbocycles. The molecule has 0 fully saturated rings. The van der Waals surface area contributed by atoms with Crippen molar-refractivity contribution in [1.82, 2.24) is 5.01 Å². The van der Waals surface area contributed by atoms with Gasteiger partial charge in [-0.3, -0.25) is 5.01 Å². The smallest absolute Gasteiger partial charge is 0.124 e. The van der Waals surface area contributed by atoms with E-state index in [-0.39, 0.29) is 6.04 Å². The second-order valence-electron chi connectivity index (χ2n) is 5.09. The van der Waals surface area contributed by atoms with E-state index < -0.39 is 6.10 Å². The fraction of sp³-hybridized carbons (Fsp3) is 0.235. The van der Waals surface area contributed by atoms with Gasteiger partial charge in [0.25, 0.3) is 0 Å². The molecule has 1 aliphatic heterocycles.